The van der Waals surface area contributed by atoms with Crippen molar-refractivity contribution in [3.8, 4) is 28.1 Å². The second-order valence-electron chi connectivity index (χ2n) is 14.6. The number of fused-ring (bicyclic) bond motifs is 8. The predicted molar refractivity (Wildman–Crippen MR) is 193 cm³/mol. The standard InChI is InChI=1S/C40H50N4O5/c1-26-14-12-18-32-34(26)30-17-13-16-29(24-30)31-25-33-41-28(3)35(36(38(45)46-8)49-39(4,5)6)37(44(33)42-31)43-21-19-40(7,20-22-43)47-23-11-9-10-15-27(2)48-32/h9,11-14,16-18,24-25,27,36H,10,15,19-23H2,1-8H3/b11-9-/t27-,36-/m0/s1. The summed E-state index contributed by atoms with van der Waals surface area (Å²) in [7, 11) is 1.39. The van der Waals surface area contributed by atoms with Crippen molar-refractivity contribution in [1.29, 1.82) is 0 Å². The van der Waals surface area contributed by atoms with Gasteiger partial charge in [-0.2, -0.15) is 9.61 Å². The molecule has 0 N–H and O–H groups in total. The number of methoxy groups -OCH3 is 1. The molecule has 7 rings (SSSR count). The largest absolute Gasteiger partial charge is 0.490 e. The minimum absolute atomic E-state index is 0.0432. The van der Waals surface area contributed by atoms with Crippen molar-refractivity contribution >= 4 is 17.4 Å². The summed E-state index contributed by atoms with van der Waals surface area (Å²) in [5.74, 6) is 1.19. The van der Waals surface area contributed by atoms with Crippen molar-refractivity contribution in [1.82, 2.24) is 14.6 Å². The summed E-state index contributed by atoms with van der Waals surface area (Å²) in [4.78, 5) is 20.7. The molecular formula is C40H50N4O5. The second kappa shape index (κ2) is 14.0. The molecule has 9 nitrogen and oxygen atoms in total. The van der Waals surface area contributed by atoms with E-state index in [1.165, 1.54) is 7.11 Å². The van der Waals surface area contributed by atoms with Crippen molar-refractivity contribution in [2.45, 2.75) is 97.6 Å². The van der Waals surface area contributed by atoms with Crippen LogP contribution in [0.2, 0.25) is 0 Å². The Morgan fingerprint density at radius 1 is 1.04 bits per heavy atom. The number of hydrogen-bond acceptors (Lipinski definition) is 8. The van der Waals surface area contributed by atoms with E-state index in [0.717, 1.165) is 65.2 Å². The van der Waals surface area contributed by atoms with Crippen LogP contribution in [0.5, 0.6) is 5.75 Å². The molecule has 0 saturated carbocycles. The van der Waals surface area contributed by atoms with E-state index in [1.54, 1.807) is 0 Å². The Morgan fingerprint density at radius 3 is 2.51 bits per heavy atom. The Kier molecular flexibility index (Phi) is 9.87. The van der Waals surface area contributed by atoms with Crippen LogP contribution in [0, 0.1) is 13.8 Å². The maximum Gasteiger partial charge on any atom is 0.339 e. The number of allylic oxidation sites excluding steroid dienone is 1. The summed E-state index contributed by atoms with van der Waals surface area (Å²) in [6.07, 6.45) is 6.81. The van der Waals surface area contributed by atoms with Crippen LogP contribution in [0.15, 0.2) is 60.7 Å². The van der Waals surface area contributed by atoms with Crippen LogP contribution in [0.3, 0.4) is 0 Å². The number of rotatable bonds is 3. The van der Waals surface area contributed by atoms with Gasteiger partial charge in [0.1, 0.15) is 11.6 Å². The van der Waals surface area contributed by atoms with Gasteiger partial charge < -0.3 is 23.8 Å². The summed E-state index contributed by atoms with van der Waals surface area (Å²) < 4.78 is 26.7. The van der Waals surface area contributed by atoms with E-state index in [2.05, 4.69) is 74.2 Å². The zero-order chi connectivity index (χ0) is 34.9. The number of hydrogen-bond donors (Lipinski definition) is 0. The van der Waals surface area contributed by atoms with Gasteiger partial charge in [0, 0.05) is 36.0 Å². The number of ether oxygens (including phenoxy) is 4. The van der Waals surface area contributed by atoms with Gasteiger partial charge in [-0.1, -0.05) is 42.5 Å². The molecule has 3 aliphatic rings. The van der Waals surface area contributed by atoms with E-state index in [4.69, 9.17) is 29.0 Å². The molecule has 0 radical (unpaired) electrons. The SMILES string of the molecule is COC(=O)[C@@H](OC(C)(C)C)c1c(C)nc2cc3nn2c1N1CCC(C)(CC1)OC/C=C\CC[C@H](C)Oc1cccc(C)c1-c1cccc-3c1. The zero-order valence-electron chi connectivity index (χ0n) is 30.2. The minimum atomic E-state index is -0.987. The van der Waals surface area contributed by atoms with Crippen LogP contribution < -0.4 is 9.64 Å². The first-order valence-electron chi connectivity index (χ1n) is 17.4. The minimum Gasteiger partial charge on any atom is -0.490 e. The molecule has 2 atom stereocenters. The molecular weight excluding hydrogens is 616 g/mol. The van der Waals surface area contributed by atoms with E-state index >= 15 is 0 Å². The number of piperidine rings is 1. The smallest absolute Gasteiger partial charge is 0.339 e. The molecule has 4 aromatic rings. The van der Waals surface area contributed by atoms with Crippen LogP contribution in [0.1, 0.15) is 83.2 Å². The van der Waals surface area contributed by atoms with E-state index in [1.807, 2.05) is 44.3 Å². The maximum absolute atomic E-state index is 13.4. The van der Waals surface area contributed by atoms with E-state index in [0.29, 0.717) is 36.6 Å². The van der Waals surface area contributed by atoms with E-state index in [-0.39, 0.29) is 11.7 Å². The molecule has 1 fully saturated rings. The number of benzene rings is 2. The Bertz CT molecular complexity index is 1850. The number of anilines is 1. The quantitative estimate of drug-likeness (QED) is 0.160. The maximum atomic E-state index is 13.4. The predicted octanol–water partition coefficient (Wildman–Crippen LogP) is 8.20. The second-order valence-corrected chi connectivity index (χ2v) is 14.6. The number of carbonyl (C=O) groups excluding carboxylic acids is 1. The summed E-state index contributed by atoms with van der Waals surface area (Å²) in [5, 5.41) is 5.19. The van der Waals surface area contributed by atoms with Gasteiger partial charge in [-0.3, -0.25) is 0 Å². The highest BCUT2D eigenvalue weighted by molar-refractivity contribution is 5.81. The normalized spacial score (nSPS) is 21.5. The fourth-order valence-corrected chi connectivity index (χ4v) is 6.87. The average Bonchev–Trinajstić information content (AvgIpc) is 3.48. The fraction of sp³-hybridized carbons (Fsp3) is 0.475. The topological polar surface area (TPSA) is 87.4 Å². The molecule has 0 spiro atoms. The molecule has 2 aromatic carbocycles. The van der Waals surface area contributed by atoms with Crippen LogP contribution in [0.25, 0.3) is 28.0 Å². The van der Waals surface area contributed by atoms with Crippen molar-refractivity contribution in [3.63, 3.8) is 0 Å². The molecule has 0 amide bonds. The lowest BCUT2D eigenvalue weighted by atomic mass is 9.92. The Morgan fingerprint density at radius 2 is 1.78 bits per heavy atom. The number of nitrogens with zero attached hydrogens (tertiary/aromatic N) is 4. The number of aryl methyl sites for hydroxylation is 2. The zero-order valence-corrected chi connectivity index (χ0v) is 30.2. The summed E-state index contributed by atoms with van der Waals surface area (Å²) >= 11 is 0. The Hall–Kier alpha value is -4.21. The van der Waals surface area contributed by atoms with Crippen LogP contribution in [0.4, 0.5) is 5.82 Å². The number of esters is 1. The van der Waals surface area contributed by atoms with Crippen LogP contribution >= 0.6 is 0 Å². The van der Waals surface area contributed by atoms with Gasteiger partial charge in [-0.05, 0) is 97.4 Å². The molecule has 5 heterocycles. The monoisotopic (exact) mass is 666 g/mol. The molecule has 0 aliphatic carbocycles. The Labute approximate surface area is 290 Å². The highest BCUT2D eigenvalue weighted by Crippen LogP contribution is 2.40. The first kappa shape index (κ1) is 34.6. The highest BCUT2D eigenvalue weighted by Gasteiger charge is 2.38. The molecule has 9 heteroatoms. The van der Waals surface area contributed by atoms with Crippen LogP contribution in [-0.2, 0) is 19.0 Å². The van der Waals surface area contributed by atoms with Gasteiger partial charge in [0.2, 0.25) is 0 Å². The summed E-state index contributed by atoms with van der Waals surface area (Å²) in [6.45, 7) is 16.2. The third-order valence-corrected chi connectivity index (χ3v) is 9.52. The lowest BCUT2D eigenvalue weighted by molar-refractivity contribution is -0.164. The van der Waals surface area contributed by atoms with Gasteiger partial charge in [0.15, 0.2) is 11.8 Å². The molecule has 260 valence electrons. The Balaban J connectivity index is 1.54. The fourth-order valence-electron chi connectivity index (χ4n) is 6.87. The third kappa shape index (κ3) is 7.53. The number of carbonyl (C=O) groups is 1. The molecule has 1 saturated heterocycles. The summed E-state index contributed by atoms with van der Waals surface area (Å²) in [6, 6.07) is 16.7. The van der Waals surface area contributed by atoms with Gasteiger partial charge in [-0.15, -0.1) is 0 Å². The molecule has 6 bridgehead atoms. The lowest BCUT2D eigenvalue weighted by Crippen LogP contribution is -2.45. The molecule has 2 aromatic heterocycles. The first-order chi connectivity index (χ1) is 23.4. The van der Waals surface area contributed by atoms with Crippen LogP contribution in [-0.4, -0.2) is 64.7 Å². The van der Waals surface area contributed by atoms with Gasteiger partial charge >= 0.3 is 5.97 Å². The molecule has 0 unspecified atom stereocenters. The molecule has 49 heavy (non-hydrogen) atoms. The van der Waals surface area contributed by atoms with Gasteiger partial charge in [-0.25, -0.2) is 9.78 Å². The first-order valence-corrected chi connectivity index (χ1v) is 17.4. The van der Waals surface area contributed by atoms with Gasteiger partial charge in [0.25, 0.3) is 0 Å². The summed E-state index contributed by atoms with van der Waals surface area (Å²) in [5.41, 5.74) is 6.17. The highest BCUT2D eigenvalue weighted by atomic mass is 16.6. The van der Waals surface area contributed by atoms with Crippen molar-refractivity contribution in [2.24, 2.45) is 0 Å². The molecule has 3 aliphatic heterocycles. The van der Waals surface area contributed by atoms with Crippen molar-refractivity contribution in [2.75, 3.05) is 31.7 Å². The number of aromatic nitrogens is 3. The van der Waals surface area contributed by atoms with E-state index in [9.17, 15) is 4.79 Å². The average molecular weight is 667 g/mol. The lowest BCUT2D eigenvalue weighted by Gasteiger charge is -2.41. The van der Waals surface area contributed by atoms with E-state index < -0.39 is 17.7 Å². The van der Waals surface area contributed by atoms with Gasteiger partial charge in [0.05, 0.1) is 42.3 Å². The van der Waals surface area contributed by atoms with Crippen molar-refractivity contribution in [3.05, 3.63) is 77.5 Å². The third-order valence-electron chi connectivity index (χ3n) is 9.52. The van der Waals surface area contributed by atoms with Crippen molar-refractivity contribution < 1.29 is 23.7 Å².